The summed E-state index contributed by atoms with van der Waals surface area (Å²) in [4.78, 5) is 0. The van der Waals surface area contributed by atoms with Crippen LogP contribution in [0.1, 0.15) is 50.5 Å². The third kappa shape index (κ3) is 8.62. The molecule has 0 fully saturated rings. The lowest BCUT2D eigenvalue weighted by molar-refractivity contribution is 0.282. The van der Waals surface area contributed by atoms with Gasteiger partial charge < -0.3 is 15.3 Å². The molecule has 0 radical (unpaired) electrons. The van der Waals surface area contributed by atoms with E-state index in [4.69, 9.17) is 5.11 Å². The summed E-state index contributed by atoms with van der Waals surface area (Å²) < 4.78 is 23.8. The summed E-state index contributed by atoms with van der Waals surface area (Å²) in [7, 11) is -3.26. The van der Waals surface area contributed by atoms with E-state index >= 15 is 0 Å². The zero-order valence-corrected chi connectivity index (χ0v) is 14.1. The smallest absolute Gasteiger partial charge is 0.171 e. The van der Waals surface area contributed by atoms with Crippen LogP contribution in [0.3, 0.4) is 0 Å². The fourth-order valence-electron chi connectivity index (χ4n) is 2.19. The van der Waals surface area contributed by atoms with Crippen molar-refractivity contribution in [3.8, 4) is 11.5 Å². The average Bonchev–Trinajstić information content (AvgIpc) is 2.51. The molecule has 0 aliphatic heterocycles. The van der Waals surface area contributed by atoms with Crippen LogP contribution in [-0.4, -0.2) is 36.1 Å². The Morgan fingerprint density at radius 1 is 0.870 bits per heavy atom. The fraction of sp³-hybridized carbons (Fsp3) is 0.529. The molecule has 0 saturated heterocycles. The summed E-state index contributed by atoms with van der Waals surface area (Å²) in [6, 6.07) is 4.17. The van der Waals surface area contributed by atoms with E-state index < -0.39 is 9.84 Å². The minimum atomic E-state index is -3.26. The number of phenols is 2. The molecule has 0 amide bonds. The third-order valence-corrected chi connectivity index (χ3v) is 4.96. The van der Waals surface area contributed by atoms with Crippen molar-refractivity contribution in [2.24, 2.45) is 0 Å². The first kappa shape index (κ1) is 19.5. The molecule has 5 nitrogen and oxygen atoms in total. The molecule has 0 atom stereocenters. The van der Waals surface area contributed by atoms with Crippen molar-refractivity contribution in [2.75, 3.05) is 12.4 Å². The Balaban J connectivity index is 2.30. The fourth-order valence-corrected chi connectivity index (χ4v) is 3.30. The second kappa shape index (κ2) is 10.3. The molecule has 3 N–H and O–H groups in total. The lowest BCUT2D eigenvalue weighted by Crippen LogP contribution is -2.01. The van der Waals surface area contributed by atoms with Crippen LogP contribution in [0.25, 0.3) is 6.08 Å². The van der Waals surface area contributed by atoms with Crippen molar-refractivity contribution >= 4 is 15.9 Å². The van der Waals surface area contributed by atoms with E-state index in [-0.39, 0.29) is 23.9 Å². The summed E-state index contributed by atoms with van der Waals surface area (Å²) in [5.74, 6) is -0.390. The van der Waals surface area contributed by atoms with E-state index in [2.05, 4.69) is 0 Å². The van der Waals surface area contributed by atoms with Crippen molar-refractivity contribution in [1.82, 2.24) is 0 Å². The van der Waals surface area contributed by atoms with E-state index in [0.29, 0.717) is 12.0 Å². The van der Waals surface area contributed by atoms with Gasteiger partial charge in [-0.05, 0) is 36.6 Å². The lowest BCUT2D eigenvalue weighted by Gasteiger charge is -2.02. The van der Waals surface area contributed by atoms with Crippen LogP contribution >= 0.6 is 0 Å². The van der Waals surface area contributed by atoms with Gasteiger partial charge in [-0.15, -0.1) is 0 Å². The van der Waals surface area contributed by atoms with E-state index in [0.717, 1.165) is 43.9 Å². The highest BCUT2D eigenvalue weighted by atomic mass is 32.2. The van der Waals surface area contributed by atoms with Crippen LogP contribution in [0.4, 0.5) is 0 Å². The van der Waals surface area contributed by atoms with E-state index in [9.17, 15) is 18.6 Å². The predicted octanol–water partition coefficient (Wildman–Crippen LogP) is 3.21. The molecular formula is C17H26O5S. The summed E-state index contributed by atoms with van der Waals surface area (Å²) in [6.07, 6.45) is 7.96. The molecule has 0 aromatic heterocycles. The number of aromatic hydroxyl groups is 2. The first-order chi connectivity index (χ1) is 10.9. The number of phenolic OH excluding ortho intramolecular Hbond substituents is 2. The zero-order chi connectivity index (χ0) is 17.1. The second-order valence-electron chi connectivity index (χ2n) is 5.62. The Hall–Kier alpha value is -1.53. The quantitative estimate of drug-likeness (QED) is 0.424. The van der Waals surface area contributed by atoms with Crippen molar-refractivity contribution in [1.29, 1.82) is 0 Å². The van der Waals surface area contributed by atoms with Gasteiger partial charge >= 0.3 is 0 Å². The van der Waals surface area contributed by atoms with Crippen LogP contribution in [0.15, 0.2) is 23.6 Å². The predicted molar refractivity (Wildman–Crippen MR) is 92.0 cm³/mol. The highest BCUT2D eigenvalue weighted by molar-refractivity contribution is 7.94. The summed E-state index contributed by atoms with van der Waals surface area (Å²) in [6.45, 7) is 0.239. The first-order valence-electron chi connectivity index (χ1n) is 7.98. The molecule has 23 heavy (non-hydrogen) atoms. The molecular weight excluding hydrogens is 316 g/mol. The zero-order valence-electron chi connectivity index (χ0n) is 13.3. The number of aliphatic hydroxyl groups excluding tert-OH is 1. The SMILES string of the molecule is O=S(=O)(/C=C/c1ccc(O)c(O)c1)CCCCCCCCCO. The van der Waals surface area contributed by atoms with Crippen molar-refractivity contribution < 1.29 is 23.7 Å². The van der Waals surface area contributed by atoms with Gasteiger partial charge in [0.25, 0.3) is 0 Å². The summed E-state index contributed by atoms with van der Waals surface area (Å²) >= 11 is 0. The van der Waals surface area contributed by atoms with Gasteiger partial charge in [-0.3, -0.25) is 0 Å². The molecule has 0 aliphatic rings. The standard InChI is InChI=1S/C17H26O5S/c18-11-6-4-2-1-3-5-7-12-23(21,22)13-10-15-8-9-16(19)17(20)14-15/h8-10,13-14,18-20H,1-7,11-12H2/b13-10+. The Bertz CT molecular complexity index is 593. The van der Waals surface area contributed by atoms with Gasteiger partial charge in [0.05, 0.1) is 5.75 Å². The van der Waals surface area contributed by atoms with Crippen molar-refractivity contribution in [2.45, 2.75) is 44.9 Å². The number of hydrogen-bond acceptors (Lipinski definition) is 5. The van der Waals surface area contributed by atoms with Gasteiger partial charge in [-0.2, -0.15) is 0 Å². The minimum Gasteiger partial charge on any atom is -0.504 e. The number of sulfone groups is 1. The van der Waals surface area contributed by atoms with Crippen LogP contribution in [-0.2, 0) is 9.84 Å². The Kier molecular flexibility index (Phi) is 8.73. The number of hydrogen-bond donors (Lipinski definition) is 3. The average molecular weight is 342 g/mol. The van der Waals surface area contributed by atoms with Gasteiger partial charge in [-0.1, -0.05) is 38.2 Å². The summed E-state index contributed by atoms with van der Waals surface area (Å²) in [5.41, 5.74) is 0.521. The molecule has 1 aromatic carbocycles. The molecule has 0 heterocycles. The number of rotatable bonds is 11. The van der Waals surface area contributed by atoms with E-state index in [1.54, 1.807) is 0 Å². The van der Waals surface area contributed by atoms with E-state index in [1.807, 2.05) is 0 Å². The maximum absolute atomic E-state index is 11.9. The van der Waals surface area contributed by atoms with Crippen molar-refractivity contribution in [3.05, 3.63) is 29.2 Å². The molecule has 0 saturated carbocycles. The van der Waals surface area contributed by atoms with Crippen molar-refractivity contribution in [3.63, 3.8) is 0 Å². The van der Waals surface area contributed by atoms with Gasteiger partial charge in [0.15, 0.2) is 21.3 Å². The van der Waals surface area contributed by atoms with Gasteiger partial charge in [-0.25, -0.2) is 8.42 Å². The number of unbranched alkanes of at least 4 members (excludes halogenated alkanes) is 6. The topological polar surface area (TPSA) is 94.8 Å². The third-order valence-electron chi connectivity index (χ3n) is 3.55. The molecule has 6 heteroatoms. The summed E-state index contributed by atoms with van der Waals surface area (Å²) in [5, 5.41) is 28.4. The molecule has 1 rings (SSSR count). The van der Waals surface area contributed by atoms with Crippen LogP contribution in [0.5, 0.6) is 11.5 Å². The van der Waals surface area contributed by atoms with Crippen LogP contribution < -0.4 is 0 Å². The monoisotopic (exact) mass is 342 g/mol. The second-order valence-corrected chi connectivity index (χ2v) is 7.62. The molecule has 0 spiro atoms. The minimum absolute atomic E-state index is 0.115. The van der Waals surface area contributed by atoms with Gasteiger partial charge in [0, 0.05) is 12.0 Å². The number of benzene rings is 1. The molecule has 130 valence electrons. The highest BCUT2D eigenvalue weighted by Gasteiger charge is 2.06. The molecule has 1 aromatic rings. The first-order valence-corrected chi connectivity index (χ1v) is 9.70. The largest absolute Gasteiger partial charge is 0.504 e. The normalized spacial score (nSPS) is 12.0. The molecule has 0 bridgehead atoms. The maximum Gasteiger partial charge on any atom is 0.171 e. The van der Waals surface area contributed by atoms with Crippen LogP contribution in [0.2, 0.25) is 0 Å². The van der Waals surface area contributed by atoms with Gasteiger partial charge in [0.2, 0.25) is 0 Å². The van der Waals surface area contributed by atoms with E-state index in [1.165, 1.54) is 24.3 Å². The maximum atomic E-state index is 11.9. The van der Waals surface area contributed by atoms with Gasteiger partial charge in [0.1, 0.15) is 0 Å². The Morgan fingerprint density at radius 3 is 2.09 bits per heavy atom. The Labute approximate surface area is 138 Å². The Morgan fingerprint density at radius 2 is 1.48 bits per heavy atom. The molecule has 0 unspecified atom stereocenters. The molecule has 0 aliphatic carbocycles. The number of aliphatic hydroxyl groups is 1. The van der Waals surface area contributed by atoms with Crippen LogP contribution in [0, 0.1) is 0 Å². The highest BCUT2D eigenvalue weighted by Crippen LogP contribution is 2.25. The lowest BCUT2D eigenvalue weighted by atomic mass is 10.1.